The molecule has 30 heteroatoms. The maximum atomic E-state index is 14.9. The average Bonchev–Trinajstić information content (AvgIpc) is 1.80. The number of nitrogens with one attached hydrogen (secondary N) is 8. The van der Waals surface area contributed by atoms with Gasteiger partial charge < -0.3 is 62.4 Å². The van der Waals surface area contributed by atoms with Crippen molar-refractivity contribution in [3.63, 3.8) is 0 Å². The lowest BCUT2D eigenvalue weighted by Gasteiger charge is -2.31. The number of carboxylic acids is 2. The highest BCUT2D eigenvalue weighted by Gasteiger charge is 2.45. The molecule has 6 rings (SSSR count). The number of hydrogen-bond acceptors (Lipinski definition) is 19. The number of Topliss-reactive ketones (excluding diaryl/α,β-unsaturated/α-hetero) is 5. The topological polar surface area (TPSA) is 420 Å². The summed E-state index contributed by atoms with van der Waals surface area (Å²) in [5.74, 6) is -15.8. The smallest absolute Gasteiger partial charge is 0.318 e. The second-order valence-electron chi connectivity index (χ2n) is 23.9. The number of aliphatic hydroxyl groups excluding tert-OH is 1. The number of H-pyrrole nitrogens is 1. The summed E-state index contributed by atoms with van der Waals surface area (Å²) in [6, 6.07) is -0.424. The molecule has 2 fully saturated rings. The van der Waals surface area contributed by atoms with Crippen molar-refractivity contribution in [2.24, 2.45) is 29.6 Å². The van der Waals surface area contributed by atoms with Crippen molar-refractivity contribution >= 4 is 134 Å². The quantitative estimate of drug-likeness (QED) is 0.0689. The van der Waals surface area contributed by atoms with E-state index < -0.39 is 192 Å². The van der Waals surface area contributed by atoms with Crippen LogP contribution in [0.3, 0.4) is 0 Å². The molecular formula is C61H83N9O18S3. The molecule has 0 radical (unpaired) electrons. The van der Waals surface area contributed by atoms with Crippen LogP contribution in [0, 0.1) is 29.6 Å². The minimum absolute atomic E-state index is 0.0506. The Hall–Kier alpha value is -7.18. The number of aliphatic hydroxyl groups is 1. The normalized spacial score (nSPS) is 25.1. The fraction of sp³-hybridized carbons (Fsp3) is 0.623. The van der Waals surface area contributed by atoms with Crippen molar-refractivity contribution < 1.29 is 87.2 Å². The summed E-state index contributed by atoms with van der Waals surface area (Å²) in [5.41, 5.74) is 1.29. The van der Waals surface area contributed by atoms with Crippen molar-refractivity contribution in [2.75, 3.05) is 43.6 Å². The lowest BCUT2D eigenvalue weighted by Crippen LogP contribution is -2.55. The Balaban J connectivity index is 1.23. The molecule has 0 aliphatic carbocycles. The van der Waals surface area contributed by atoms with Crippen LogP contribution in [0.15, 0.2) is 23.2 Å². The standard InChI is InChI=1S/C61H83N9O18S3/c1-6-30(3)50-46(76)20-34-19-41-40-18-33(17-38(73)24-63-54(81)32(5)16-37(72)11-9-8-10-36(71)14-15-62-58(85)52-53(61(87)88)91-29-90-52)12-13-42(40)67-59(41)89-28-43(66-47(77)25-65-57(84)51(31(4)7-2)68-48(78)26-64-55(34)82)45(75)21-35(22-49(79)80)60(86)70-27-39(74)23-44(70)56(83)69-50/h12-13,18,30-32,34-35,39,43-44,50-53,67,74H,6-11,14-17,19-29H2,1-5H3,(H,62,85)(H,63,81)(H,64,82)(H,65,84)(H,66,77)(H,68,78)(H,69,83)(H,79,80)(H,87,88)/t30?,31-,32?,34+,35-,39+,43-,44-,50-,51-,52?,53?/m0/s1. The van der Waals surface area contributed by atoms with E-state index in [1.807, 2.05) is 0 Å². The van der Waals surface area contributed by atoms with Crippen molar-refractivity contribution in [1.29, 1.82) is 0 Å². The number of nitrogens with zero attached hydrogens (tertiary/aromatic N) is 1. The van der Waals surface area contributed by atoms with Gasteiger partial charge in [0.2, 0.25) is 47.3 Å². The van der Waals surface area contributed by atoms with Crippen LogP contribution in [-0.4, -0.2) is 198 Å². The summed E-state index contributed by atoms with van der Waals surface area (Å²) in [6.07, 6.45) is -2.52. The van der Waals surface area contributed by atoms with E-state index in [0.29, 0.717) is 57.8 Å². The summed E-state index contributed by atoms with van der Waals surface area (Å²) in [6.45, 7) is 6.35. The zero-order chi connectivity index (χ0) is 66.8. The molecule has 0 saturated carbocycles. The average molecular weight is 1330 g/mol. The Morgan fingerprint density at radius 2 is 1.38 bits per heavy atom. The van der Waals surface area contributed by atoms with E-state index in [1.165, 1.54) is 23.5 Å². The van der Waals surface area contributed by atoms with Crippen LogP contribution in [0.1, 0.15) is 123 Å². The van der Waals surface area contributed by atoms with E-state index in [9.17, 15) is 87.2 Å². The van der Waals surface area contributed by atoms with Gasteiger partial charge in [-0.05, 0) is 54.4 Å². The molecular weight excluding hydrogens is 1240 g/mol. The molecule has 498 valence electrons. The highest BCUT2D eigenvalue weighted by atomic mass is 32.2. The fourth-order valence-electron chi connectivity index (χ4n) is 11.3. The molecule has 4 aliphatic heterocycles. The first-order valence-electron chi connectivity index (χ1n) is 30.7. The van der Waals surface area contributed by atoms with Crippen LogP contribution in [0.2, 0.25) is 0 Å². The van der Waals surface area contributed by atoms with Crippen molar-refractivity contribution in [1.82, 2.24) is 47.1 Å². The van der Waals surface area contributed by atoms with Gasteiger partial charge in [0.25, 0.3) is 0 Å². The molecule has 2 saturated heterocycles. The number of aromatic amines is 1. The second kappa shape index (κ2) is 34.5. The summed E-state index contributed by atoms with van der Waals surface area (Å²) in [5, 5.41) is 48.2. The first-order valence-corrected chi connectivity index (χ1v) is 33.8. The number of ketones is 5. The van der Waals surface area contributed by atoms with Crippen LogP contribution in [0.4, 0.5) is 0 Å². The highest BCUT2D eigenvalue weighted by Crippen LogP contribution is 2.38. The zero-order valence-electron chi connectivity index (χ0n) is 51.6. The first kappa shape index (κ1) is 72.9. The summed E-state index contributed by atoms with van der Waals surface area (Å²) in [7, 11) is 0. The SMILES string of the molecule is CCC(C)[C@@H]1NC(=O)[C@@H]2C[C@@H](O)CN2C(=O)[C@H](CC(=O)O)CC(=O)[C@@H]2CSc3[nH]c4ccc(CC(=O)CNC(=O)C(C)CC(=O)CCCCC(=O)CCNC(=O)C5SCSC5C(=O)O)cc4c3C[C@H](CC1=O)C(=O)NCC(=O)N[C@@H]([C@@H](C)CC)C(=O)NCC(=O)N2. The molecule has 1 aromatic carbocycles. The van der Waals surface area contributed by atoms with Gasteiger partial charge in [0, 0.05) is 98.0 Å². The van der Waals surface area contributed by atoms with E-state index in [-0.39, 0.29) is 68.8 Å². The summed E-state index contributed by atoms with van der Waals surface area (Å²) in [4.78, 5) is 207. The predicted octanol–water partition coefficient (Wildman–Crippen LogP) is 0.914. The maximum absolute atomic E-state index is 14.9. The van der Waals surface area contributed by atoms with Crippen LogP contribution < -0.4 is 37.2 Å². The van der Waals surface area contributed by atoms with Gasteiger partial charge >= 0.3 is 11.9 Å². The minimum Gasteiger partial charge on any atom is -0.481 e. The molecule has 8 amide bonds. The molecule has 27 nitrogen and oxygen atoms in total. The van der Waals surface area contributed by atoms with Gasteiger partial charge in [0.15, 0.2) is 17.3 Å². The monoisotopic (exact) mass is 1330 g/mol. The highest BCUT2D eigenvalue weighted by molar-refractivity contribution is 8.20. The third kappa shape index (κ3) is 20.9. The van der Waals surface area contributed by atoms with Gasteiger partial charge in [-0.3, -0.25) is 71.9 Å². The zero-order valence-corrected chi connectivity index (χ0v) is 54.1. The number of fused-ring (bicyclic) bond motifs is 5. The number of rotatable bonds is 23. The van der Waals surface area contributed by atoms with Crippen LogP contribution in [-0.2, 0) is 84.8 Å². The molecule has 12 atom stereocenters. The van der Waals surface area contributed by atoms with E-state index in [4.69, 9.17) is 0 Å². The molecule has 2 aromatic rings. The van der Waals surface area contributed by atoms with Gasteiger partial charge in [-0.1, -0.05) is 53.5 Å². The molecule has 0 spiro atoms. The Kier molecular flexibility index (Phi) is 27.6. The van der Waals surface area contributed by atoms with Gasteiger partial charge in [-0.25, -0.2) is 0 Å². The third-order valence-electron chi connectivity index (χ3n) is 16.9. The number of aromatic nitrogens is 1. The molecule has 5 heterocycles. The Morgan fingerprint density at radius 3 is 2.07 bits per heavy atom. The lowest BCUT2D eigenvalue weighted by atomic mass is 9.86. The number of carboxylic acid groups (broad SMARTS) is 2. The molecule has 4 aliphatic rings. The van der Waals surface area contributed by atoms with E-state index in [0.717, 1.165) is 16.7 Å². The summed E-state index contributed by atoms with van der Waals surface area (Å²) < 4.78 is 0. The number of benzene rings is 1. The Morgan fingerprint density at radius 1 is 0.725 bits per heavy atom. The van der Waals surface area contributed by atoms with Gasteiger partial charge in [-0.2, -0.15) is 0 Å². The van der Waals surface area contributed by atoms with Crippen LogP contribution >= 0.6 is 35.3 Å². The molecule has 11 N–H and O–H groups in total. The van der Waals surface area contributed by atoms with E-state index in [1.54, 1.807) is 52.8 Å². The number of aliphatic carboxylic acids is 2. The Labute approximate surface area is 538 Å². The van der Waals surface area contributed by atoms with Crippen molar-refractivity contribution in [3.05, 3.63) is 29.3 Å². The largest absolute Gasteiger partial charge is 0.481 e. The van der Waals surface area contributed by atoms with Gasteiger partial charge in [0.05, 0.1) is 55.2 Å². The Bertz CT molecular complexity index is 3120. The van der Waals surface area contributed by atoms with Crippen molar-refractivity contribution in [2.45, 2.75) is 170 Å². The molecule has 91 heavy (non-hydrogen) atoms. The number of carbonyl (C=O) groups is 15. The van der Waals surface area contributed by atoms with Crippen LogP contribution in [0.5, 0.6) is 0 Å². The van der Waals surface area contributed by atoms with Crippen molar-refractivity contribution in [3.8, 4) is 0 Å². The molecule has 4 unspecified atom stereocenters. The predicted molar refractivity (Wildman–Crippen MR) is 335 cm³/mol. The van der Waals surface area contributed by atoms with E-state index >= 15 is 0 Å². The minimum atomic E-state index is -1.61. The fourth-order valence-corrected chi connectivity index (χ4v) is 15.4. The number of hydrogen-bond donors (Lipinski definition) is 11. The number of thioether (sulfide) groups is 3. The molecule has 1 aromatic heterocycles. The number of carbonyl (C=O) groups excluding carboxylic acids is 13. The number of amides is 8. The molecule has 2 bridgehead atoms. The van der Waals surface area contributed by atoms with E-state index in [2.05, 4.69) is 42.2 Å². The first-order chi connectivity index (χ1) is 43.2. The third-order valence-corrected chi connectivity index (χ3v) is 21.0. The maximum Gasteiger partial charge on any atom is 0.318 e. The van der Waals surface area contributed by atoms with Crippen LogP contribution in [0.25, 0.3) is 10.9 Å². The summed E-state index contributed by atoms with van der Waals surface area (Å²) >= 11 is 3.41. The lowest BCUT2D eigenvalue weighted by molar-refractivity contribution is -0.148. The van der Waals surface area contributed by atoms with Gasteiger partial charge in [0.1, 0.15) is 34.2 Å². The number of unbranched alkanes of at least 4 members (excludes halogenated alkanes) is 1. The second-order valence-corrected chi connectivity index (χ2v) is 27.6. The van der Waals surface area contributed by atoms with Gasteiger partial charge in [-0.15, -0.1) is 35.3 Å².